The van der Waals surface area contributed by atoms with E-state index in [-0.39, 0.29) is 11.9 Å². The van der Waals surface area contributed by atoms with E-state index in [1.54, 1.807) is 0 Å². The van der Waals surface area contributed by atoms with E-state index in [0.717, 1.165) is 29.4 Å². The van der Waals surface area contributed by atoms with E-state index in [0.29, 0.717) is 12.5 Å². The van der Waals surface area contributed by atoms with Crippen molar-refractivity contribution in [3.63, 3.8) is 0 Å². The van der Waals surface area contributed by atoms with E-state index in [1.165, 1.54) is 0 Å². The first-order chi connectivity index (χ1) is 8.65. The second-order valence-electron chi connectivity index (χ2n) is 4.98. The lowest BCUT2D eigenvalue weighted by Gasteiger charge is -2.27. The average Bonchev–Trinajstić information content (AvgIpc) is 2.36. The summed E-state index contributed by atoms with van der Waals surface area (Å²) in [5.74, 6) is 0.745. The molecule has 0 radical (unpaired) electrons. The minimum absolute atomic E-state index is 0.0269. The molecule has 0 saturated carbocycles. The number of halogens is 1. The van der Waals surface area contributed by atoms with Crippen LogP contribution in [0.15, 0.2) is 28.7 Å². The van der Waals surface area contributed by atoms with E-state index < -0.39 is 0 Å². The monoisotopic (exact) mass is 310 g/mol. The number of nitrogens with one attached hydrogen (secondary N) is 2. The van der Waals surface area contributed by atoms with Crippen LogP contribution in [0.25, 0.3) is 0 Å². The molecule has 4 heteroatoms. The fraction of sp³-hybridized carbons (Fsp3) is 0.500. The lowest BCUT2D eigenvalue weighted by Crippen LogP contribution is -2.48. The number of piperidine rings is 1. The third-order valence-electron chi connectivity index (χ3n) is 3.34. The Morgan fingerprint density at radius 2 is 2.39 bits per heavy atom. The molecule has 2 N–H and O–H groups in total. The van der Waals surface area contributed by atoms with E-state index >= 15 is 0 Å². The molecule has 1 aromatic carbocycles. The predicted molar refractivity (Wildman–Crippen MR) is 76.2 cm³/mol. The molecule has 2 rings (SSSR count). The van der Waals surface area contributed by atoms with Crippen molar-refractivity contribution in [1.82, 2.24) is 10.6 Å². The SMILES string of the molecule is CC1CCNC(C(=O)NCc2cccc(Br)c2)C1. The van der Waals surface area contributed by atoms with Crippen molar-refractivity contribution in [2.45, 2.75) is 32.4 Å². The lowest BCUT2D eigenvalue weighted by molar-refractivity contribution is -0.124. The normalized spacial score (nSPS) is 23.7. The van der Waals surface area contributed by atoms with E-state index in [9.17, 15) is 4.79 Å². The van der Waals surface area contributed by atoms with Gasteiger partial charge in [0.2, 0.25) is 5.91 Å². The summed E-state index contributed by atoms with van der Waals surface area (Å²) in [5, 5.41) is 6.27. The summed E-state index contributed by atoms with van der Waals surface area (Å²) in [5.41, 5.74) is 1.11. The largest absolute Gasteiger partial charge is 0.351 e. The molecule has 1 heterocycles. The summed E-state index contributed by atoms with van der Waals surface area (Å²) >= 11 is 3.43. The third-order valence-corrected chi connectivity index (χ3v) is 3.83. The van der Waals surface area contributed by atoms with Gasteiger partial charge in [0.1, 0.15) is 0 Å². The number of hydrogen-bond acceptors (Lipinski definition) is 2. The Hall–Kier alpha value is -0.870. The van der Waals surface area contributed by atoms with Crippen molar-refractivity contribution < 1.29 is 4.79 Å². The Balaban J connectivity index is 1.84. The van der Waals surface area contributed by atoms with Crippen molar-refractivity contribution in [1.29, 1.82) is 0 Å². The smallest absolute Gasteiger partial charge is 0.237 e. The molecule has 1 aliphatic rings. The minimum Gasteiger partial charge on any atom is -0.351 e. The molecule has 0 aromatic heterocycles. The zero-order valence-corrected chi connectivity index (χ0v) is 12.2. The summed E-state index contributed by atoms with van der Waals surface area (Å²) in [6.45, 7) is 3.73. The highest BCUT2D eigenvalue weighted by Crippen LogP contribution is 2.15. The highest BCUT2D eigenvalue weighted by molar-refractivity contribution is 9.10. The number of benzene rings is 1. The highest BCUT2D eigenvalue weighted by Gasteiger charge is 2.23. The van der Waals surface area contributed by atoms with Crippen molar-refractivity contribution in [3.05, 3.63) is 34.3 Å². The van der Waals surface area contributed by atoms with Gasteiger partial charge in [-0.05, 0) is 43.0 Å². The van der Waals surface area contributed by atoms with Crippen LogP contribution < -0.4 is 10.6 Å². The molecule has 1 saturated heterocycles. The molecule has 1 amide bonds. The van der Waals surface area contributed by atoms with Gasteiger partial charge in [-0.15, -0.1) is 0 Å². The molecule has 1 fully saturated rings. The van der Waals surface area contributed by atoms with Crippen LogP contribution >= 0.6 is 15.9 Å². The van der Waals surface area contributed by atoms with Crippen LogP contribution in [0.5, 0.6) is 0 Å². The van der Waals surface area contributed by atoms with Crippen LogP contribution in [-0.4, -0.2) is 18.5 Å². The first-order valence-electron chi connectivity index (χ1n) is 6.40. The summed E-state index contributed by atoms with van der Waals surface area (Å²) in [4.78, 5) is 12.0. The van der Waals surface area contributed by atoms with Crippen LogP contribution in [0.1, 0.15) is 25.3 Å². The number of hydrogen-bond donors (Lipinski definition) is 2. The van der Waals surface area contributed by atoms with Gasteiger partial charge >= 0.3 is 0 Å². The van der Waals surface area contributed by atoms with Crippen LogP contribution in [-0.2, 0) is 11.3 Å². The van der Waals surface area contributed by atoms with Gasteiger partial charge in [-0.1, -0.05) is 35.0 Å². The molecule has 98 valence electrons. The van der Waals surface area contributed by atoms with Gasteiger partial charge in [0, 0.05) is 11.0 Å². The maximum absolute atomic E-state index is 12.0. The van der Waals surface area contributed by atoms with Gasteiger partial charge in [0.15, 0.2) is 0 Å². The highest BCUT2D eigenvalue weighted by atomic mass is 79.9. The van der Waals surface area contributed by atoms with Crippen LogP contribution in [0.4, 0.5) is 0 Å². The van der Waals surface area contributed by atoms with E-state index in [2.05, 4.69) is 33.5 Å². The van der Waals surface area contributed by atoms with Crippen molar-refractivity contribution in [3.8, 4) is 0 Å². The summed E-state index contributed by atoms with van der Waals surface area (Å²) in [6, 6.07) is 7.97. The zero-order chi connectivity index (χ0) is 13.0. The summed E-state index contributed by atoms with van der Waals surface area (Å²) in [6.07, 6.45) is 2.10. The number of carbonyl (C=O) groups is 1. The molecule has 1 aliphatic heterocycles. The molecular weight excluding hydrogens is 292 g/mol. The maximum atomic E-state index is 12.0. The predicted octanol–water partition coefficient (Wildman–Crippen LogP) is 2.45. The molecule has 0 spiro atoms. The topological polar surface area (TPSA) is 41.1 Å². The standard InChI is InChI=1S/C14H19BrN2O/c1-10-5-6-16-13(7-10)14(18)17-9-11-3-2-4-12(15)8-11/h2-4,8,10,13,16H,5-7,9H2,1H3,(H,17,18). The Labute approximate surface area is 116 Å². The maximum Gasteiger partial charge on any atom is 0.237 e. The zero-order valence-electron chi connectivity index (χ0n) is 10.6. The minimum atomic E-state index is -0.0269. The summed E-state index contributed by atoms with van der Waals surface area (Å²) in [7, 11) is 0. The lowest BCUT2D eigenvalue weighted by atomic mass is 9.94. The Morgan fingerprint density at radius 3 is 3.11 bits per heavy atom. The van der Waals surface area contributed by atoms with Crippen molar-refractivity contribution in [2.75, 3.05) is 6.54 Å². The quantitative estimate of drug-likeness (QED) is 0.900. The van der Waals surface area contributed by atoms with E-state index in [1.807, 2.05) is 24.3 Å². The van der Waals surface area contributed by atoms with Gasteiger partial charge < -0.3 is 10.6 Å². The third kappa shape index (κ3) is 3.82. The number of amides is 1. The average molecular weight is 311 g/mol. The van der Waals surface area contributed by atoms with Crippen molar-refractivity contribution >= 4 is 21.8 Å². The van der Waals surface area contributed by atoms with Gasteiger partial charge in [0.05, 0.1) is 6.04 Å². The second kappa shape index (κ2) is 6.34. The molecule has 3 nitrogen and oxygen atoms in total. The Bertz CT molecular complexity index is 422. The van der Waals surface area contributed by atoms with Crippen LogP contribution in [0, 0.1) is 5.92 Å². The first-order valence-corrected chi connectivity index (χ1v) is 7.20. The van der Waals surface area contributed by atoms with Gasteiger partial charge in [0.25, 0.3) is 0 Å². The molecule has 0 bridgehead atoms. The van der Waals surface area contributed by atoms with Gasteiger partial charge in [-0.2, -0.15) is 0 Å². The second-order valence-corrected chi connectivity index (χ2v) is 5.90. The number of carbonyl (C=O) groups excluding carboxylic acids is 1. The molecule has 2 atom stereocenters. The summed E-state index contributed by atoms with van der Waals surface area (Å²) < 4.78 is 1.04. The van der Waals surface area contributed by atoms with Crippen LogP contribution in [0.2, 0.25) is 0 Å². The first kappa shape index (κ1) is 13.6. The fourth-order valence-corrected chi connectivity index (χ4v) is 2.71. The molecule has 1 aromatic rings. The van der Waals surface area contributed by atoms with Gasteiger partial charge in [-0.3, -0.25) is 4.79 Å². The molecule has 0 aliphatic carbocycles. The number of rotatable bonds is 3. The van der Waals surface area contributed by atoms with Gasteiger partial charge in [-0.25, -0.2) is 0 Å². The fourth-order valence-electron chi connectivity index (χ4n) is 2.27. The van der Waals surface area contributed by atoms with Crippen LogP contribution in [0.3, 0.4) is 0 Å². The molecule has 2 unspecified atom stereocenters. The van der Waals surface area contributed by atoms with E-state index in [4.69, 9.17) is 0 Å². The molecule has 18 heavy (non-hydrogen) atoms. The van der Waals surface area contributed by atoms with Crippen molar-refractivity contribution in [2.24, 2.45) is 5.92 Å². The Morgan fingerprint density at radius 1 is 1.56 bits per heavy atom. The molecular formula is C14H19BrN2O. The Kier molecular flexibility index (Phi) is 4.78.